The standard InChI is InChI=1S/C12H24N2O3S.ClH/c13-8-12(10-4-1-2-5-10)14-18(15,16)9-11-6-3-7-17-11;/h10-12,14H,1-9,13H2;1H. The lowest BCUT2D eigenvalue weighted by Crippen LogP contribution is -2.46. The van der Waals surface area contributed by atoms with Crippen molar-refractivity contribution in [3.8, 4) is 0 Å². The van der Waals surface area contributed by atoms with Crippen molar-refractivity contribution in [2.45, 2.75) is 50.7 Å². The van der Waals surface area contributed by atoms with Gasteiger partial charge in [-0.1, -0.05) is 12.8 Å². The van der Waals surface area contributed by atoms with E-state index in [0.717, 1.165) is 25.7 Å². The third-order valence-corrected chi connectivity index (χ3v) is 5.46. The Morgan fingerprint density at radius 3 is 2.42 bits per heavy atom. The second kappa shape index (κ2) is 7.78. The number of hydrogen-bond acceptors (Lipinski definition) is 4. The lowest BCUT2D eigenvalue weighted by molar-refractivity contribution is 0.127. The number of halogens is 1. The number of hydrogen-bond donors (Lipinski definition) is 2. The van der Waals surface area contributed by atoms with Crippen LogP contribution in [0.3, 0.4) is 0 Å². The van der Waals surface area contributed by atoms with E-state index in [1.165, 1.54) is 12.8 Å². The summed E-state index contributed by atoms with van der Waals surface area (Å²) >= 11 is 0. The first-order chi connectivity index (χ1) is 8.61. The van der Waals surface area contributed by atoms with E-state index in [0.29, 0.717) is 19.1 Å². The molecule has 1 saturated carbocycles. The van der Waals surface area contributed by atoms with Gasteiger partial charge in [0.05, 0.1) is 11.9 Å². The Balaban J connectivity index is 0.00000180. The fourth-order valence-corrected chi connectivity index (χ4v) is 4.59. The van der Waals surface area contributed by atoms with Crippen molar-refractivity contribution >= 4 is 22.4 Å². The molecule has 0 radical (unpaired) electrons. The molecule has 3 N–H and O–H groups in total. The van der Waals surface area contributed by atoms with E-state index in [1.54, 1.807) is 0 Å². The van der Waals surface area contributed by atoms with Gasteiger partial charge in [0.15, 0.2) is 0 Å². The van der Waals surface area contributed by atoms with Gasteiger partial charge in [0.2, 0.25) is 10.0 Å². The summed E-state index contributed by atoms with van der Waals surface area (Å²) in [5, 5.41) is 0. The smallest absolute Gasteiger partial charge is 0.214 e. The maximum atomic E-state index is 12.1. The zero-order valence-corrected chi connectivity index (χ0v) is 12.8. The number of rotatable bonds is 6. The zero-order valence-electron chi connectivity index (χ0n) is 11.2. The molecule has 1 saturated heterocycles. The highest BCUT2D eigenvalue weighted by molar-refractivity contribution is 7.89. The number of ether oxygens (including phenoxy) is 1. The summed E-state index contributed by atoms with van der Waals surface area (Å²) < 4.78 is 32.3. The van der Waals surface area contributed by atoms with E-state index in [9.17, 15) is 8.42 Å². The van der Waals surface area contributed by atoms with Crippen molar-refractivity contribution in [2.75, 3.05) is 18.9 Å². The van der Waals surface area contributed by atoms with Crippen LogP contribution in [0.2, 0.25) is 0 Å². The molecule has 2 rings (SSSR count). The molecule has 0 aromatic rings. The van der Waals surface area contributed by atoms with Gasteiger partial charge in [-0.05, 0) is 31.6 Å². The lowest BCUT2D eigenvalue weighted by Gasteiger charge is -2.23. The first-order valence-corrected chi connectivity index (χ1v) is 8.57. The van der Waals surface area contributed by atoms with Gasteiger partial charge >= 0.3 is 0 Å². The minimum absolute atomic E-state index is 0. The van der Waals surface area contributed by atoms with Crippen LogP contribution in [0, 0.1) is 5.92 Å². The Morgan fingerprint density at radius 2 is 1.89 bits per heavy atom. The average Bonchev–Trinajstić information content (AvgIpc) is 2.97. The largest absolute Gasteiger partial charge is 0.377 e. The first-order valence-electron chi connectivity index (χ1n) is 6.92. The van der Waals surface area contributed by atoms with Crippen LogP contribution in [-0.4, -0.2) is 39.5 Å². The van der Waals surface area contributed by atoms with Gasteiger partial charge in [-0.2, -0.15) is 0 Å². The van der Waals surface area contributed by atoms with Crippen molar-refractivity contribution in [2.24, 2.45) is 11.7 Å². The Morgan fingerprint density at radius 1 is 1.21 bits per heavy atom. The number of nitrogens with one attached hydrogen (secondary N) is 1. The topological polar surface area (TPSA) is 81.4 Å². The van der Waals surface area contributed by atoms with E-state index in [1.807, 2.05) is 0 Å². The summed E-state index contributed by atoms with van der Waals surface area (Å²) in [7, 11) is -3.27. The van der Waals surface area contributed by atoms with Gasteiger partial charge < -0.3 is 10.5 Å². The molecule has 1 aliphatic carbocycles. The molecule has 1 heterocycles. The highest BCUT2D eigenvalue weighted by Gasteiger charge is 2.30. The molecule has 114 valence electrons. The molecule has 2 unspecified atom stereocenters. The maximum Gasteiger partial charge on any atom is 0.214 e. The summed E-state index contributed by atoms with van der Waals surface area (Å²) in [6.45, 7) is 1.07. The van der Waals surface area contributed by atoms with Crippen molar-refractivity contribution < 1.29 is 13.2 Å². The molecule has 7 heteroatoms. The van der Waals surface area contributed by atoms with E-state index >= 15 is 0 Å². The molecular weight excluding hydrogens is 288 g/mol. The Labute approximate surface area is 122 Å². The van der Waals surface area contributed by atoms with Gasteiger partial charge in [0.1, 0.15) is 0 Å². The quantitative estimate of drug-likeness (QED) is 0.767. The predicted octanol–water partition coefficient (Wildman–Crippen LogP) is 1.02. The molecule has 19 heavy (non-hydrogen) atoms. The minimum atomic E-state index is -3.27. The molecule has 1 aliphatic heterocycles. The van der Waals surface area contributed by atoms with Crippen LogP contribution in [-0.2, 0) is 14.8 Å². The number of sulfonamides is 1. The molecule has 2 fully saturated rings. The molecule has 5 nitrogen and oxygen atoms in total. The van der Waals surface area contributed by atoms with E-state index < -0.39 is 10.0 Å². The summed E-state index contributed by atoms with van der Waals surface area (Å²) in [5.74, 6) is 0.491. The van der Waals surface area contributed by atoms with E-state index in [4.69, 9.17) is 10.5 Å². The summed E-state index contributed by atoms with van der Waals surface area (Å²) in [6.07, 6.45) is 6.23. The van der Waals surface area contributed by atoms with Gasteiger partial charge in [-0.25, -0.2) is 13.1 Å². The van der Waals surface area contributed by atoms with Crippen LogP contribution in [0.25, 0.3) is 0 Å². The third-order valence-electron chi connectivity index (χ3n) is 3.98. The van der Waals surface area contributed by atoms with Gasteiger partial charge in [-0.15, -0.1) is 12.4 Å². The second-order valence-electron chi connectivity index (χ2n) is 5.42. The normalized spacial score (nSPS) is 26.3. The molecule has 2 atom stereocenters. The van der Waals surface area contributed by atoms with Gasteiger partial charge in [-0.3, -0.25) is 0 Å². The van der Waals surface area contributed by atoms with Gasteiger partial charge in [0, 0.05) is 19.2 Å². The summed E-state index contributed by atoms with van der Waals surface area (Å²) in [4.78, 5) is 0. The van der Waals surface area contributed by atoms with Crippen LogP contribution < -0.4 is 10.5 Å². The fourth-order valence-electron chi connectivity index (χ4n) is 3.00. The van der Waals surface area contributed by atoms with Crippen molar-refractivity contribution in [3.05, 3.63) is 0 Å². The Bertz CT molecular complexity index is 352. The van der Waals surface area contributed by atoms with Crippen LogP contribution >= 0.6 is 12.4 Å². The summed E-state index contributed by atoms with van der Waals surface area (Å²) in [6, 6.07) is -0.0982. The summed E-state index contributed by atoms with van der Waals surface area (Å²) in [5.41, 5.74) is 5.71. The molecule has 2 aliphatic rings. The molecule has 0 bridgehead atoms. The first kappa shape index (κ1) is 17.2. The van der Waals surface area contributed by atoms with Crippen LogP contribution in [0.5, 0.6) is 0 Å². The Kier molecular flexibility index (Phi) is 7.04. The van der Waals surface area contributed by atoms with Crippen molar-refractivity contribution in [1.29, 1.82) is 0 Å². The fraction of sp³-hybridized carbons (Fsp3) is 1.00. The van der Waals surface area contributed by atoms with Crippen LogP contribution in [0.15, 0.2) is 0 Å². The predicted molar refractivity (Wildman–Crippen MR) is 77.9 cm³/mol. The highest BCUT2D eigenvalue weighted by Crippen LogP contribution is 2.27. The monoisotopic (exact) mass is 312 g/mol. The third kappa shape index (κ3) is 5.19. The molecule has 0 aromatic carbocycles. The van der Waals surface area contributed by atoms with Crippen molar-refractivity contribution in [1.82, 2.24) is 4.72 Å². The zero-order chi connectivity index (χ0) is 13.0. The Hall–Kier alpha value is 0.120. The maximum absolute atomic E-state index is 12.1. The number of nitrogens with two attached hydrogens (primary N) is 1. The average molecular weight is 313 g/mol. The molecule has 0 spiro atoms. The van der Waals surface area contributed by atoms with E-state index in [2.05, 4.69) is 4.72 Å². The highest BCUT2D eigenvalue weighted by atomic mass is 35.5. The second-order valence-corrected chi connectivity index (χ2v) is 7.22. The van der Waals surface area contributed by atoms with Gasteiger partial charge in [0.25, 0.3) is 0 Å². The molecular formula is C12H25ClN2O3S. The molecule has 0 aromatic heterocycles. The molecule has 0 amide bonds. The van der Waals surface area contributed by atoms with Crippen molar-refractivity contribution in [3.63, 3.8) is 0 Å². The van der Waals surface area contributed by atoms with Crippen LogP contribution in [0.1, 0.15) is 38.5 Å². The SMILES string of the molecule is Cl.NCC(NS(=O)(=O)CC1CCCO1)C1CCCC1. The lowest BCUT2D eigenvalue weighted by atomic mass is 9.99. The van der Waals surface area contributed by atoms with E-state index in [-0.39, 0.29) is 30.3 Å². The minimum Gasteiger partial charge on any atom is -0.377 e. The van der Waals surface area contributed by atoms with Crippen LogP contribution in [0.4, 0.5) is 0 Å².